The van der Waals surface area contributed by atoms with E-state index in [1.54, 1.807) is 30.3 Å². The summed E-state index contributed by atoms with van der Waals surface area (Å²) >= 11 is 0. The minimum Gasteiger partial charge on any atom is -0.508 e. The van der Waals surface area contributed by atoms with Gasteiger partial charge in [0.15, 0.2) is 0 Å². The molecule has 3 nitrogen and oxygen atoms in total. The van der Waals surface area contributed by atoms with E-state index in [0.29, 0.717) is 11.7 Å². The van der Waals surface area contributed by atoms with Crippen LogP contribution in [0.3, 0.4) is 0 Å². The molecule has 0 unspecified atom stereocenters. The van der Waals surface area contributed by atoms with E-state index in [1.165, 1.54) is 12.1 Å². The Labute approximate surface area is 92.3 Å². The maximum Gasteiger partial charge on any atom is 0.142 e. The average Bonchev–Trinajstić information content (AvgIpc) is 2.26. The van der Waals surface area contributed by atoms with E-state index in [0.717, 1.165) is 10.9 Å². The maximum absolute atomic E-state index is 10.2. The van der Waals surface area contributed by atoms with Crippen LogP contribution in [0.25, 0.3) is 16.8 Å². The van der Waals surface area contributed by atoms with Crippen molar-refractivity contribution in [3.63, 3.8) is 0 Å². The van der Waals surface area contributed by atoms with Gasteiger partial charge in [-0.3, -0.25) is 4.79 Å². The van der Waals surface area contributed by atoms with Gasteiger partial charge in [-0.25, -0.2) is 0 Å². The van der Waals surface area contributed by atoms with Crippen LogP contribution < -0.4 is 0 Å². The molecule has 2 N–H and O–H groups in total. The zero-order chi connectivity index (χ0) is 11.5. The zero-order valence-electron chi connectivity index (χ0n) is 8.42. The molecule has 0 aliphatic heterocycles. The summed E-state index contributed by atoms with van der Waals surface area (Å²) < 4.78 is 0. The summed E-state index contributed by atoms with van der Waals surface area (Å²) in [6, 6.07) is 8.20. The van der Waals surface area contributed by atoms with Crippen molar-refractivity contribution in [2.24, 2.45) is 0 Å². The van der Waals surface area contributed by atoms with Crippen molar-refractivity contribution in [3.05, 3.63) is 42.0 Å². The van der Waals surface area contributed by atoms with Gasteiger partial charge in [0.25, 0.3) is 0 Å². The maximum atomic E-state index is 10.2. The Balaban J connectivity index is 2.61. The summed E-state index contributed by atoms with van der Waals surface area (Å²) in [7, 11) is 0. The van der Waals surface area contributed by atoms with Crippen molar-refractivity contribution in [3.8, 4) is 11.5 Å². The molecule has 16 heavy (non-hydrogen) atoms. The standard InChI is InChI=1S/C13H10O3/c14-5-1-2-9-3-4-10-7-11(15)8-13(16)12(10)6-9/h1-8,15-16H/b2-1+. The van der Waals surface area contributed by atoms with E-state index in [-0.39, 0.29) is 11.5 Å². The third kappa shape index (κ3) is 1.88. The van der Waals surface area contributed by atoms with Crippen molar-refractivity contribution in [1.29, 1.82) is 0 Å². The van der Waals surface area contributed by atoms with Gasteiger partial charge < -0.3 is 10.2 Å². The van der Waals surface area contributed by atoms with Gasteiger partial charge in [-0.05, 0) is 29.2 Å². The Morgan fingerprint density at radius 1 is 1.06 bits per heavy atom. The lowest BCUT2D eigenvalue weighted by Crippen LogP contribution is -1.78. The number of phenols is 2. The minimum absolute atomic E-state index is 0.0244. The normalized spacial score (nSPS) is 11.0. The van der Waals surface area contributed by atoms with Crippen LogP contribution in [0.15, 0.2) is 36.4 Å². The first-order valence-corrected chi connectivity index (χ1v) is 4.78. The number of allylic oxidation sites excluding steroid dienone is 1. The summed E-state index contributed by atoms with van der Waals surface area (Å²) in [6.07, 6.45) is 3.73. The first kappa shape index (κ1) is 10.2. The van der Waals surface area contributed by atoms with Crippen molar-refractivity contribution >= 4 is 23.1 Å². The molecule has 2 rings (SSSR count). The van der Waals surface area contributed by atoms with Gasteiger partial charge in [0, 0.05) is 11.5 Å². The highest BCUT2D eigenvalue weighted by Gasteiger charge is 2.02. The number of rotatable bonds is 2. The number of fused-ring (bicyclic) bond motifs is 1. The first-order chi connectivity index (χ1) is 7.70. The first-order valence-electron chi connectivity index (χ1n) is 4.78. The van der Waals surface area contributed by atoms with Crippen molar-refractivity contribution < 1.29 is 15.0 Å². The van der Waals surface area contributed by atoms with Crippen LogP contribution in [0.4, 0.5) is 0 Å². The Morgan fingerprint density at radius 3 is 2.62 bits per heavy atom. The quantitative estimate of drug-likeness (QED) is 0.596. The number of phenolic OH excluding ortho intramolecular Hbond substituents is 2. The van der Waals surface area contributed by atoms with Crippen LogP contribution in [0, 0.1) is 0 Å². The number of hydrogen-bond donors (Lipinski definition) is 2. The van der Waals surface area contributed by atoms with Gasteiger partial charge >= 0.3 is 0 Å². The molecule has 0 saturated heterocycles. The summed E-state index contributed by atoms with van der Waals surface area (Å²) in [5.41, 5.74) is 0.820. The predicted molar refractivity (Wildman–Crippen MR) is 62.4 cm³/mol. The minimum atomic E-state index is 0.0244. The highest BCUT2D eigenvalue weighted by molar-refractivity contribution is 5.91. The molecule has 0 radical (unpaired) electrons. The summed E-state index contributed by atoms with van der Waals surface area (Å²) in [4.78, 5) is 10.2. The van der Waals surface area contributed by atoms with Gasteiger partial charge in [0.05, 0.1) is 0 Å². The van der Waals surface area contributed by atoms with Crippen molar-refractivity contribution in [2.75, 3.05) is 0 Å². The van der Waals surface area contributed by atoms with E-state index < -0.39 is 0 Å². The predicted octanol–water partition coefficient (Wildman–Crippen LogP) is 2.46. The molecule has 0 aliphatic rings. The van der Waals surface area contributed by atoms with E-state index in [9.17, 15) is 15.0 Å². The summed E-state index contributed by atoms with van der Waals surface area (Å²) in [6.45, 7) is 0. The summed E-state index contributed by atoms with van der Waals surface area (Å²) in [5.74, 6) is 0.0533. The molecule has 0 atom stereocenters. The summed E-state index contributed by atoms with van der Waals surface area (Å²) in [5, 5.41) is 20.3. The fraction of sp³-hybridized carbons (Fsp3) is 0. The van der Waals surface area contributed by atoms with Crippen LogP contribution in [0.2, 0.25) is 0 Å². The highest BCUT2D eigenvalue weighted by atomic mass is 16.3. The van der Waals surface area contributed by atoms with Gasteiger partial charge in [-0.2, -0.15) is 0 Å². The third-order valence-electron chi connectivity index (χ3n) is 2.31. The van der Waals surface area contributed by atoms with Crippen LogP contribution >= 0.6 is 0 Å². The fourth-order valence-corrected chi connectivity index (χ4v) is 1.59. The van der Waals surface area contributed by atoms with Gasteiger partial charge in [0.2, 0.25) is 0 Å². The Bertz CT molecular complexity index is 571. The second-order valence-electron chi connectivity index (χ2n) is 3.44. The molecule has 2 aromatic rings. The van der Waals surface area contributed by atoms with Gasteiger partial charge in [0.1, 0.15) is 17.8 Å². The Hall–Kier alpha value is -2.29. The van der Waals surface area contributed by atoms with Crippen molar-refractivity contribution in [1.82, 2.24) is 0 Å². The second kappa shape index (κ2) is 4.06. The molecule has 80 valence electrons. The highest BCUT2D eigenvalue weighted by Crippen LogP contribution is 2.30. The lowest BCUT2D eigenvalue weighted by atomic mass is 10.1. The molecule has 0 aliphatic carbocycles. The number of hydrogen-bond acceptors (Lipinski definition) is 3. The number of aromatic hydroxyl groups is 2. The van der Waals surface area contributed by atoms with Crippen LogP contribution in [0.5, 0.6) is 11.5 Å². The van der Waals surface area contributed by atoms with Gasteiger partial charge in [-0.15, -0.1) is 0 Å². The Kier molecular flexibility index (Phi) is 2.60. The van der Waals surface area contributed by atoms with Crippen LogP contribution in [0.1, 0.15) is 5.56 Å². The topological polar surface area (TPSA) is 57.5 Å². The molecule has 0 saturated carbocycles. The molecule has 0 amide bonds. The number of aldehydes is 1. The van der Waals surface area contributed by atoms with Crippen LogP contribution in [-0.2, 0) is 4.79 Å². The van der Waals surface area contributed by atoms with Crippen LogP contribution in [-0.4, -0.2) is 16.5 Å². The molecule has 0 bridgehead atoms. The molecule has 0 aromatic heterocycles. The Morgan fingerprint density at radius 2 is 1.88 bits per heavy atom. The lowest BCUT2D eigenvalue weighted by molar-refractivity contribution is -0.104. The SMILES string of the molecule is O=C/C=C/c1ccc2cc(O)cc(O)c2c1. The largest absolute Gasteiger partial charge is 0.508 e. The van der Waals surface area contributed by atoms with Gasteiger partial charge in [-0.1, -0.05) is 18.2 Å². The van der Waals surface area contributed by atoms with E-state index in [1.807, 2.05) is 0 Å². The molecular formula is C13H10O3. The number of benzene rings is 2. The number of carbonyl (C=O) groups is 1. The molecular weight excluding hydrogens is 204 g/mol. The smallest absolute Gasteiger partial charge is 0.142 e. The molecule has 0 spiro atoms. The molecule has 3 heteroatoms. The molecule has 0 fully saturated rings. The second-order valence-corrected chi connectivity index (χ2v) is 3.44. The average molecular weight is 214 g/mol. The molecule has 2 aromatic carbocycles. The fourth-order valence-electron chi connectivity index (χ4n) is 1.59. The van der Waals surface area contributed by atoms with E-state index >= 15 is 0 Å². The van der Waals surface area contributed by atoms with Crippen molar-refractivity contribution in [2.45, 2.75) is 0 Å². The lowest BCUT2D eigenvalue weighted by Gasteiger charge is -2.03. The van der Waals surface area contributed by atoms with E-state index in [4.69, 9.17) is 0 Å². The monoisotopic (exact) mass is 214 g/mol. The van der Waals surface area contributed by atoms with E-state index in [2.05, 4.69) is 0 Å². The third-order valence-corrected chi connectivity index (χ3v) is 2.31. The zero-order valence-corrected chi connectivity index (χ0v) is 8.42. The molecule has 0 heterocycles. The number of carbonyl (C=O) groups excluding carboxylic acids is 1.